The molecule has 3 aliphatic heterocycles. The van der Waals surface area contributed by atoms with E-state index in [4.69, 9.17) is 23.7 Å². The lowest BCUT2D eigenvalue weighted by atomic mass is 9.77. The Balaban J connectivity index is 2.06. The molecular formula is C32H59N3O10. The van der Waals surface area contributed by atoms with E-state index in [1.807, 2.05) is 39.8 Å². The van der Waals surface area contributed by atoms with Crippen molar-refractivity contribution in [2.24, 2.45) is 17.8 Å². The van der Waals surface area contributed by atoms with Crippen LogP contribution in [0.2, 0.25) is 0 Å². The van der Waals surface area contributed by atoms with E-state index in [0.29, 0.717) is 13.0 Å². The van der Waals surface area contributed by atoms with Crippen molar-refractivity contribution in [3.8, 4) is 0 Å². The number of rotatable bonds is 6. The number of nitrogens with one attached hydrogen (secondary N) is 1. The Morgan fingerprint density at radius 2 is 1.67 bits per heavy atom. The fraction of sp³-hybridized carbons (Fsp3) is 0.938. The van der Waals surface area contributed by atoms with Gasteiger partial charge in [0.15, 0.2) is 12.6 Å². The minimum atomic E-state index is -1.50. The van der Waals surface area contributed by atoms with Crippen LogP contribution in [0.4, 0.5) is 0 Å². The van der Waals surface area contributed by atoms with Gasteiger partial charge in [0, 0.05) is 39.1 Å². The zero-order valence-electron chi connectivity index (χ0n) is 29.1. The quantitative estimate of drug-likeness (QED) is 0.323. The molecule has 0 aliphatic carbocycles. The summed E-state index contributed by atoms with van der Waals surface area (Å²) in [5.41, 5.74) is -2.46. The van der Waals surface area contributed by atoms with Crippen LogP contribution in [0.1, 0.15) is 67.7 Å². The van der Waals surface area contributed by atoms with Crippen LogP contribution in [0, 0.1) is 17.8 Å². The summed E-state index contributed by atoms with van der Waals surface area (Å²) in [4.78, 5) is 29.9. The Bertz CT molecular complexity index is 1000. The molecule has 0 aromatic rings. The van der Waals surface area contributed by atoms with Gasteiger partial charge in [0.2, 0.25) is 11.8 Å². The normalized spacial score (nSPS) is 46.2. The van der Waals surface area contributed by atoms with Crippen LogP contribution in [-0.4, -0.2) is 145 Å². The second kappa shape index (κ2) is 15.2. The summed E-state index contributed by atoms with van der Waals surface area (Å²) >= 11 is 0. The maximum Gasteiger partial charge on any atom is 0.241 e. The maximum absolute atomic E-state index is 13.6. The molecule has 0 aromatic carbocycles. The van der Waals surface area contributed by atoms with Gasteiger partial charge in [0.05, 0.1) is 48.1 Å². The smallest absolute Gasteiger partial charge is 0.241 e. The van der Waals surface area contributed by atoms with Crippen LogP contribution in [0.15, 0.2) is 0 Å². The largest absolute Gasteiger partial charge is 0.387 e. The third kappa shape index (κ3) is 8.94. The minimum Gasteiger partial charge on any atom is -0.387 e. The number of methoxy groups -OCH3 is 1. The molecule has 4 N–H and O–H groups in total. The standard InChI is InChI=1S/C32H59N3O10/c1-17-13-31(6,40)28(45-30-25(37)22(34(8)9)12-18(2)42-30)19(3)26(20(4)29(39)33-15-23(36)35(10)16-17)44-24-14-32(7,41-11)27(38)21(5)43-24/h17-22,24-28,30,37-38,40H,12-16H2,1-11H3,(H,33,39)/t17-,18-,19+,20-,21+,22+,24+,25-,26+,27+,28-,30+,31-,32-/m1/s1. The summed E-state index contributed by atoms with van der Waals surface area (Å²) in [6.07, 6.45) is -5.49. The molecular weight excluding hydrogens is 586 g/mol. The second-order valence-electron chi connectivity index (χ2n) is 14.5. The summed E-state index contributed by atoms with van der Waals surface area (Å²) in [5, 5.41) is 37.1. The first-order valence-corrected chi connectivity index (χ1v) is 16.2. The molecule has 0 unspecified atom stereocenters. The maximum atomic E-state index is 13.6. The van der Waals surface area contributed by atoms with E-state index in [0.717, 1.165) is 0 Å². The summed E-state index contributed by atoms with van der Waals surface area (Å²) < 4.78 is 31.1. The number of nitrogens with zero attached hydrogens (tertiary/aromatic N) is 2. The van der Waals surface area contributed by atoms with Crippen molar-refractivity contribution in [3.63, 3.8) is 0 Å². The van der Waals surface area contributed by atoms with Crippen molar-refractivity contribution < 1.29 is 48.6 Å². The predicted molar refractivity (Wildman–Crippen MR) is 166 cm³/mol. The van der Waals surface area contributed by atoms with Crippen molar-refractivity contribution in [1.82, 2.24) is 15.1 Å². The lowest BCUT2D eigenvalue weighted by Gasteiger charge is -2.48. The number of ether oxygens (including phenoxy) is 5. The average molecular weight is 646 g/mol. The molecule has 14 atom stereocenters. The van der Waals surface area contributed by atoms with Crippen LogP contribution < -0.4 is 5.32 Å². The Morgan fingerprint density at radius 3 is 2.27 bits per heavy atom. The molecule has 0 saturated carbocycles. The number of carbonyl (C=O) groups is 2. The monoisotopic (exact) mass is 645 g/mol. The fourth-order valence-electron chi connectivity index (χ4n) is 7.34. The van der Waals surface area contributed by atoms with E-state index < -0.39 is 72.0 Å². The Kier molecular flexibility index (Phi) is 12.9. The fourth-order valence-corrected chi connectivity index (χ4v) is 7.34. The third-order valence-corrected chi connectivity index (χ3v) is 10.0. The lowest BCUT2D eigenvalue weighted by Crippen LogP contribution is -2.60. The second-order valence-corrected chi connectivity index (χ2v) is 14.5. The van der Waals surface area contributed by atoms with Crippen LogP contribution in [0.25, 0.3) is 0 Å². The zero-order valence-corrected chi connectivity index (χ0v) is 29.1. The highest BCUT2D eigenvalue weighted by atomic mass is 16.7. The van der Waals surface area contributed by atoms with Crippen molar-refractivity contribution in [2.75, 3.05) is 41.3 Å². The molecule has 0 bridgehead atoms. The van der Waals surface area contributed by atoms with Gasteiger partial charge in [-0.3, -0.25) is 9.59 Å². The van der Waals surface area contributed by atoms with Gasteiger partial charge in [0.1, 0.15) is 12.2 Å². The SMILES string of the molecule is CO[C@]1(C)C[C@H](O[C@H]2[C@H](C)[C@@H](O[C@@H]3O[C@H](C)C[C@H](N(C)C)[C@H]3O)[C@](C)(O)C[C@@H](C)CN(C)C(=O)CNC(=O)[C@@H]2C)O[C@@H](C)[C@@H]1O. The van der Waals surface area contributed by atoms with Crippen LogP contribution in [0.3, 0.4) is 0 Å². The number of hydrogen-bond donors (Lipinski definition) is 4. The summed E-state index contributed by atoms with van der Waals surface area (Å²) in [6.45, 7) is 12.8. The number of carbonyl (C=O) groups excluding carboxylic acids is 2. The minimum absolute atomic E-state index is 0.141. The van der Waals surface area contributed by atoms with Crippen molar-refractivity contribution in [2.45, 2.75) is 134 Å². The molecule has 3 rings (SSSR count). The number of amides is 2. The van der Waals surface area contributed by atoms with Crippen molar-refractivity contribution >= 4 is 11.8 Å². The number of aliphatic hydroxyl groups is 3. The topological polar surface area (TPSA) is 159 Å². The first kappa shape index (κ1) is 38.0. The summed E-state index contributed by atoms with van der Waals surface area (Å²) in [5.74, 6) is -2.27. The zero-order chi connectivity index (χ0) is 34.0. The molecule has 13 nitrogen and oxygen atoms in total. The molecule has 0 spiro atoms. The van der Waals surface area contributed by atoms with Crippen LogP contribution >= 0.6 is 0 Å². The Labute approximate surface area is 268 Å². The molecule has 0 radical (unpaired) electrons. The lowest BCUT2D eigenvalue weighted by molar-refractivity contribution is -0.317. The number of aliphatic hydroxyl groups excluding tert-OH is 2. The van der Waals surface area contributed by atoms with Gasteiger partial charge in [-0.05, 0) is 60.5 Å². The molecule has 2 amide bonds. The highest BCUT2D eigenvalue weighted by molar-refractivity contribution is 5.85. The molecule has 0 aromatic heterocycles. The van der Waals surface area contributed by atoms with Gasteiger partial charge in [-0.1, -0.05) is 20.8 Å². The van der Waals surface area contributed by atoms with E-state index in [-0.39, 0.29) is 43.4 Å². The van der Waals surface area contributed by atoms with E-state index in [9.17, 15) is 24.9 Å². The van der Waals surface area contributed by atoms with E-state index in [1.54, 1.807) is 39.6 Å². The molecule has 3 saturated heterocycles. The molecule has 262 valence electrons. The van der Waals surface area contributed by atoms with E-state index in [2.05, 4.69) is 5.32 Å². The highest BCUT2D eigenvalue weighted by Gasteiger charge is 2.51. The van der Waals surface area contributed by atoms with Crippen molar-refractivity contribution in [1.29, 1.82) is 0 Å². The Morgan fingerprint density at radius 1 is 1.02 bits per heavy atom. The van der Waals surface area contributed by atoms with E-state index >= 15 is 0 Å². The van der Waals surface area contributed by atoms with Gasteiger partial charge < -0.3 is 54.1 Å². The first-order valence-electron chi connectivity index (χ1n) is 16.2. The third-order valence-electron chi connectivity index (χ3n) is 10.0. The van der Waals surface area contributed by atoms with Gasteiger partial charge in [-0.25, -0.2) is 0 Å². The molecule has 13 heteroatoms. The number of likely N-dealkylation sites (N-methyl/N-ethyl adjacent to an activating group) is 2. The molecule has 3 fully saturated rings. The van der Waals surface area contributed by atoms with Crippen LogP contribution in [-0.2, 0) is 33.3 Å². The van der Waals surface area contributed by atoms with Crippen molar-refractivity contribution in [3.05, 3.63) is 0 Å². The van der Waals surface area contributed by atoms with Gasteiger partial charge in [-0.15, -0.1) is 0 Å². The molecule has 45 heavy (non-hydrogen) atoms. The number of hydrogen-bond acceptors (Lipinski definition) is 11. The average Bonchev–Trinajstić information content (AvgIpc) is 2.95. The van der Waals surface area contributed by atoms with Gasteiger partial charge in [-0.2, -0.15) is 0 Å². The highest BCUT2D eigenvalue weighted by Crippen LogP contribution is 2.39. The molecule has 3 aliphatic rings. The van der Waals surface area contributed by atoms with Gasteiger partial charge in [0.25, 0.3) is 0 Å². The summed E-state index contributed by atoms with van der Waals surface area (Å²) in [7, 11) is 6.97. The van der Waals surface area contributed by atoms with Gasteiger partial charge >= 0.3 is 0 Å². The summed E-state index contributed by atoms with van der Waals surface area (Å²) in [6, 6.07) is -0.237. The first-order chi connectivity index (χ1) is 20.8. The predicted octanol–water partition coefficient (Wildman–Crippen LogP) is 0.721. The Hall–Kier alpha value is -1.42. The van der Waals surface area contributed by atoms with Crippen LogP contribution in [0.5, 0.6) is 0 Å². The van der Waals surface area contributed by atoms with E-state index in [1.165, 1.54) is 7.11 Å². The molecule has 3 heterocycles.